The topological polar surface area (TPSA) is 78.9 Å². The van der Waals surface area contributed by atoms with Gasteiger partial charge in [-0.3, -0.25) is 0 Å². The van der Waals surface area contributed by atoms with E-state index in [9.17, 15) is 0 Å². The van der Waals surface area contributed by atoms with Gasteiger partial charge in [0.25, 0.3) is 0 Å². The van der Waals surface area contributed by atoms with Gasteiger partial charge in [-0.05, 0) is 29.3 Å². The van der Waals surface area contributed by atoms with E-state index < -0.39 is 0 Å². The van der Waals surface area contributed by atoms with Crippen molar-refractivity contribution < 1.29 is 4.74 Å². The molecule has 0 spiro atoms. The first-order valence-corrected chi connectivity index (χ1v) is 5.79. The highest BCUT2D eigenvalue weighted by Crippen LogP contribution is 2.14. The Morgan fingerprint density at radius 1 is 1.39 bits per heavy atom. The molecule has 0 aliphatic heterocycles. The third-order valence-corrected chi connectivity index (χ3v) is 2.63. The van der Waals surface area contributed by atoms with Gasteiger partial charge in [-0.2, -0.15) is 4.80 Å². The highest BCUT2D eigenvalue weighted by molar-refractivity contribution is 5.29. The molecule has 0 radical (unpaired) electrons. The fraction of sp³-hybridized carbons (Fsp3) is 0.417. The maximum Gasteiger partial charge on any atom is 0.176 e. The fourth-order valence-electron chi connectivity index (χ4n) is 1.81. The van der Waals surface area contributed by atoms with Crippen LogP contribution in [-0.4, -0.2) is 33.4 Å². The Morgan fingerprint density at radius 2 is 2.22 bits per heavy atom. The minimum absolute atomic E-state index is 0.0266. The molecule has 6 heteroatoms. The Labute approximate surface area is 106 Å². The predicted molar refractivity (Wildman–Crippen MR) is 67.2 cm³/mol. The molecule has 0 aliphatic rings. The molecule has 0 saturated heterocycles. The molecule has 2 rings (SSSR count). The van der Waals surface area contributed by atoms with Gasteiger partial charge in [-0.1, -0.05) is 12.1 Å². The largest absolute Gasteiger partial charge is 0.497 e. The molecule has 96 valence electrons. The van der Waals surface area contributed by atoms with Gasteiger partial charge in [0.15, 0.2) is 5.82 Å². The van der Waals surface area contributed by atoms with Gasteiger partial charge in [-0.25, -0.2) is 0 Å². The average Bonchev–Trinajstić information content (AvgIpc) is 2.74. The molecule has 1 atom stereocenters. The van der Waals surface area contributed by atoms with Gasteiger partial charge in [-0.15, -0.1) is 10.2 Å². The summed E-state index contributed by atoms with van der Waals surface area (Å²) in [6.07, 6.45) is 1.38. The second kappa shape index (κ2) is 5.59. The first-order chi connectivity index (χ1) is 8.67. The van der Waals surface area contributed by atoms with E-state index in [-0.39, 0.29) is 6.04 Å². The van der Waals surface area contributed by atoms with Crippen LogP contribution in [0.4, 0.5) is 0 Å². The molecule has 0 saturated carbocycles. The zero-order chi connectivity index (χ0) is 13.0. The van der Waals surface area contributed by atoms with Crippen LogP contribution in [0.15, 0.2) is 24.3 Å². The second-order valence-corrected chi connectivity index (χ2v) is 4.21. The molecular weight excluding hydrogens is 230 g/mol. The van der Waals surface area contributed by atoms with E-state index in [2.05, 4.69) is 15.4 Å². The summed E-state index contributed by atoms with van der Waals surface area (Å²) in [5, 5.41) is 11.8. The first-order valence-electron chi connectivity index (χ1n) is 5.79. The summed E-state index contributed by atoms with van der Waals surface area (Å²) in [6, 6.07) is 7.87. The van der Waals surface area contributed by atoms with Crippen LogP contribution in [0.1, 0.15) is 11.4 Å². The molecule has 0 fully saturated rings. The quantitative estimate of drug-likeness (QED) is 0.823. The number of ether oxygens (including phenoxy) is 1. The summed E-state index contributed by atoms with van der Waals surface area (Å²) in [7, 11) is 3.40. The van der Waals surface area contributed by atoms with Crippen LogP contribution in [0.2, 0.25) is 0 Å². The third kappa shape index (κ3) is 3.27. The van der Waals surface area contributed by atoms with Gasteiger partial charge >= 0.3 is 0 Å². The molecule has 1 aromatic heterocycles. The lowest BCUT2D eigenvalue weighted by Crippen LogP contribution is -2.26. The molecule has 6 nitrogen and oxygen atoms in total. The number of nitrogens with zero attached hydrogens (tertiary/aromatic N) is 4. The Balaban J connectivity index is 1.96. The van der Waals surface area contributed by atoms with Crippen molar-refractivity contribution >= 4 is 0 Å². The van der Waals surface area contributed by atoms with Crippen molar-refractivity contribution in [3.05, 3.63) is 35.7 Å². The number of hydrogen-bond donors (Lipinski definition) is 1. The van der Waals surface area contributed by atoms with E-state index in [1.807, 2.05) is 24.3 Å². The van der Waals surface area contributed by atoms with Crippen molar-refractivity contribution in [2.24, 2.45) is 12.8 Å². The Kier molecular flexibility index (Phi) is 3.88. The number of hydrogen-bond acceptors (Lipinski definition) is 5. The van der Waals surface area contributed by atoms with E-state index in [0.29, 0.717) is 12.2 Å². The zero-order valence-electron chi connectivity index (χ0n) is 10.6. The van der Waals surface area contributed by atoms with Crippen molar-refractivity contribution in [2.75, 3.05) is 7.11 Å². The lowest BCUT2D eigenvalue weighted by Gasteiger charge is -2.10. The Bertz CT molecular complexity index is 511. The maximum absolute atomic E-state index is 6.08. The number of rotatable bonds is 5. The number of aryl methyl sites for hydroxylation is 1. The van der Waals surface area contributed by atoms with Gasteiger partial charge in [0.2, 0.25) is 0 Å². The summed E-state index contributed by atoms with van der Waals surface area (Å²) < 4.78 is 5.18. The van der Waals surface area contributed by atoms with Crippen LogP contribution in [0.5, 0.6) is 5.75 Å². The van der Waals surface area contributed by atoms with Crippen molar-refractivity contribution in [3.63, 3.8) is 0 Å². The normalized spacial score (nSPS) is 12.4. The highest BCUT2D eigenvalue weighted by atomic mass is 16.5. The highest BCUT2D eigenvalue weighted by Gasteiger charge is 2.09. The van der Waals surface area contributed by atoms with E-state index >= 15 is 0 Å². The molecule has 18 heavy (non-hydrogen) atoms. The standard InChI is InChI=1S/C12H17N5O/c1-17-15-12(14-16-17)8-10(13)6-9-4-3-5-11(7-9)18-2/h3-5,7,10H,6,8,13H2,1-2H3. The van der Waals surface area contributed by atoms with Crippen LogP contribution < -0.4 is 10.5 Å². The van der Waals surface area contributed by atoms with Crippen LogP contribution in [0.3, 0.4) is 0 Å². The van der Waals surface area contributed by atoms with Gasteiger partial charge < -0.3 is 10.5 Å². The number of nitrogens with two attached hydrogens (primary N) is 1. The molecule has 1 aromatic carbocycles. The van der Waals surface area contributed by atoms with Crippen molar-refractivity contribution in [1.82, 2.24) is 20.2 Å². The van der Waals surface area contributed by atoms with Crippen LogP contribution in [0, 0.1) is 0 Å². The molecule has 1 heterocycles. The summed E-state index contributed by atoms with van der Waals surface area (Å²) >= 11 is 0. The van der Waals surface area contributed by atoms with Crippen molar-refractivity contribution in [3.8, 4) is 5.75 Å². The van der Waals surface area contributed by atoms with Crippen LogP contribution in [0.25, 0.3) is 0 Å². The number of methoxy groups -OCH3 is 1. The fourth-order valence-corrected chi connectivity index (χ4v) is 1.81. The molecule has 0 aliphatic carbocycles. The SMILES string of the molecule is COc1cccc(CC(N)Cc2nnn(C)n2)c1. The minimum atomic E-state index is -0.0266. The van der Waals surface area contributed by atoms with E-state index in [0.717, 1.165) is 17.7 Å². The van der Waals surface area contributed by atoms with Gasteiger partial charge in [0.05, 0.1) is 14.2 Å². The number of tetrazole rings is 1. The Hall–Kier alpha value is -1.95. The zero-order valence-corrected chi connectivity index (χ0v) is 10.6. The maximum atomic E-state index is 6.08. The summed E-state index contributed by atoms with van der Waals surface area (Å²) in [6.45, 7) is 0. The lowest BCUT2D eigenvalue weighted by molar-refractivity contribution is 0.414. The number of aromatic nitrogens is 4. The molecule has 0 bridgehead atoms. The molecule has 2 aromatic rings. The average molecular weight is 247 g/mol. The monoisotopic (exact) mass is 247 g/mol. The smallest absolute Gasteiger partial charge is 0.176 e. The molecule has 0 amide bonds. The van der Waals surface area contributed by atoms with E-state index in [4.69, 9.17) is 10.5 Å². The van der Waals surface area contributed by atoms with Gasteiger partial charge in [0, 0.05) is 12.5 Å². The van der Waals surface area contributed by atoms with Gasteiger partial charge in [0.1, 0.15) is 5.75 Å². The number of benzene rings is 1. The van der Waals surface area contributed by atoms with Crippen molar-refractivity contribution in [1.29, 1.82) is 0 Å². The van der Waals surface area contributed by atoms with Crippen LogP contribution in [-0.2, 0) is 19.9 Å². The van der Waals surface area contributed by atoms with E-state index in [1.165, 1.54) is 4.80 Å². The van der Waals surface area contributed by atoms with E-state index in [1.54, 1.807) is 14.2 Å². The first kappa shape index (κ1) is 12.5. The van der Waals surface area contributed by atoms with Crippen molar-refractivity contribution in [2.45, 2.75) is 18.9 Å². The van der Waals surface area contributed by atoms with Crippen LogP contribution >= 0.6 is 0 Å². The second-order valence-electron chi connectivity index (χ2n) is 4.21. The minimum Gasteiger partial charge on any atom is -0.497 e. The lowest BCUT2D eigenvalue weighted by atomic mass is 10.0. The third-order valence-electron chi connectivity index (χ3n) is 2.63. The Morgan fingerprint density at radius 3 is 2.89 bits per heavy atom. The molecule has 1 unspecified atom stereocenters. The summed E-state index contributed by atoms with van der Waals surface area (Å²) in [4.78, 5) is 1.44. The molecule has 2 N–H and O–H groups in total. The summed E-state index contributed by atoms with van der Waals surface area (Å²) in [5.41, 5.74) is 7.22. The predicted octanol–water partition coefficient (Wildman–Crippen LogP) is 0.331. The summed E-state index contributed by atoms with van der Waals surface area (Å²) in [5.74, 6) is 1.52. The molecular formula is C12H17N5O.